The van der Waals surface area contributed by atoms with Crippen LogP contribution in [-0.4, -0.2) is 15.2 Å². The lowest BCUT2D eigenvalue weighted by molar-refractivity contribution is 0.922. The summed E-state index contributed by atoms with van der Waals surface area (Å²) in [5, 5.41) is 10.5. The Morgan fingerprint density at radius 1 is 1.11 bits per heavy atom. The molecule has 4 nitrogen and oxygen atoms in total. The maximum Gasteiger partial charge on any atom is 0.245 e. The van der Waals surface area contributed by atoms with Crippen molar-refractivity contribution < 1.29 is 0 Å². The standard InChI is InChI=1S/C12H12Cl2N4/c1-2-3-8-4-6-9(7-5-8)15-11-10(13)17-18-12(14)16-11/h4-7H,2-3H2,1H3,(H,15,16,18). The Morgan fingerprint density at radius 2 is 1.83 bits per heavy atom. The molecule has 2 rings (SSSR count). The Bertz CT molecular complexity index is 528. The highest BCUT2D eigenvalue weighted by Gasteiger charge is 2.06. The van der Waals surface area contributed by atoms with Gasteiger partial charge in [0.1, 0.15) is 0 Å². The Labute approximate surface area is 115 Å². The molecule has 0 atom stereocenters. The van der Waals surface area contributed by atoms with Crippen molar-refractivity contribution in [2.75, 3.05) is 5.32 Å². The van der Waals surface area contributed by atoms with Crippen LogP contribution < -0.4 is 5.32 Å². The Hall–Kier alpha value is -1.39. The van der Waals surface area contributed by atoms with Crippen LogP contribution in [0.2, 0.25) is 10.4 Å². The van der Waals surface area contributed by atoms with E-state index in [-0.39, 0.29) is 10.4 Å². The predicted octanol–water partition coefficient (Wildman–Crippen LogP) is 3.87. The molecule has 1 heterocycles. The second-order valence-corrected chi connectivity index (χ2v) is 4.49. The van der Waals surface area contributed by atoms with E-state index in [4.69, 9.17) is 23.2 Å². The first-order valence-electron chi connectivity index (χ1n) is 5.60. The number of nitrogens with zero attached hydrogens (tertiary/aromatic N) is 3. The molecule has 0 saturated carbocycles. The van der Waals surface area contributed by atoms with Crippen molar-refractivity contribution in [2.45, 2.75) is 19.8 Å². The molecule has 94 valence electrons. The largest absolute Gasteiger partial charge is 0.338 e. The summed E-state index contributed by atoms with van der Waals surface area (Å²) < 4.78 is 0. The summed E-state index contributed by atoms with van der Waals surface area (Å²) in [6.07, 6.45) is 2.20. The molecule has 1 aromatic heterocycles. The van der Waals surface area contributed by atoms with Crippen LogP contribution >= 0.6 is 23.2 Å². The normalized spacial score (nSPS) is 10.4. The summed E-state index contributed by atoms with van der Waals surface area (Å²) >= 11 is 11.5. The molecule has 0 fully saturated rings. The molecule has 0 aliphatic carbocycles. The third-order valence-corrected chi connectivity index (χ3v) is 2.79. The monoisotopic (exact) mass is 282 g/mol. The predicted molar refractivity (Wildman–Crippen MR) is 73.6 cm³/mol. The third kappa shape index (κ3) is 3.31. The molecule has 6 heteroatoms. The van der Waals surface area contributed by atoms with Gasteiger partial charge < -0.3 is 5.32 Å². The van der Waals surface area contributed by atoms with Gasteiger partial charge in [0.05, 0.1) is 0 Å². The number of halogens is 2. The molecule has 0 radical (unpaired) electrons. The maximum absolute atomic E-state index is 5.87. The number of benzene rings is 1. The average molecular weight is 283 g/mol. The van der Waals surface area contributed by atoms with Crippen LogP contribution in [-0.2, 0) is 6.42 Å². The fourth-order valence-electron chi connectivity index (χ4n) is 1.55. The first-order chi connectivity index (χ1) is 8.69. The second kappa shape index (κ2) is 5.98. The van der Waals surface area contributed by atoms with Crippen molar-refractivity contribution in [1.29, 1.82) is 0 Å². The fraction of sp³-hybridized carbons (Fsp3) is 0.250. The summed E-state index contributed by atoms with van der Waals surface area (Å²) in [6, 6.07) is 8.07. The van der Waals surface area contributed by atoms with Gasteiger partial charge in [-0.3, -0.25) is 0 Å². The van der Waals surface area contributed by atoms with E-state index in [2.05, 4.69) is 39.6 Å². The van der Waals surface area contributed by atoms with E-state index in [1.54, 1.807) is 0 Å². The SMILES string of the molecule is CCCc1ccc(Nc2nc(Cl)nnc2Cl)cc1. The fourth-order valence-corrected chi connectivity index (χ4v) is 1.80. The molecule has 0 bridgehead atoms. The van der Waals surface area contributed by atoms with Gasteiger partial charge in [-0.15, -0.1) is 10.2 Å². The van der Waals surface area contributed by atoms with Gasteiger partial charge in [-0.25, -0.2) is 0 Å². The van der Waals surface area contributed by atoms with E-state index < -0.39 is 0 Å². The number of rotatable bonds is 4. The molecule has 1 aromatic carbocycles. The molecule has 0 aliphatic heterocycles. The van der Waals surface area contributed by atoms with Crippen molar-refractivity contribution in [3.63, 3.8) is 0 Å². The molecule has 18 heavy (non-hydrogen) atoms. The van der Waals surface area contributed by atoms with Gasteiger partial charge >= 0.3 is 0 Å². The molecule has 0 unspecified atom stereocenters. The van der Waals surface area contributed by atoms with Gasteiger partial charge in [-0.1, -0.05) is 37.1 Å². The Balaban J connectivity index is 2.15. The van der Waals surface area contributed by atoms with Crippen LogP contribution in [0.5, 0.6) is 0 Å². The summed E-state index contributed by atoms with van der Waals surface area (Å²) in [4.78, 5) is 3.98. The van der Waals surface area contributed by atoms with Gasteiger partial charge in [-0.2, -0.15) is 4.98 Å². The van der Waals surface area contributed by atoms with Crippen LogP contribution in [0, 0.1) is 0 Å². The van der Waals surface area contributed by atoms with E-state index in [1.807, 2.05) is 12.1 Å². The number of aryl methyl sites for hydroxylation is 1. The van der Waals surface area contributed by atoms with Crippen LogP contribution in [0.15, 0.2) is 24.3 Å². The first kappa shape index (κ1) is 13.1. The molecule has 0 aliphatic rings. The highest BCUT2D eigenvalue weighted by Crippen LogP contribution is 2.22. The van der Waals surface area contributed by atoms with Gasteiger partial charge in [0, 0.05) is 5.69 Å². The van der Waals surface area contributed by atoms with Crippen molar-refractivity contribution in [3.8, 4) is 0 Å². The average Bonchev–Trinajstić information content (AvgIpc) is 2.37. The number of nitrogens with one attached hydrogen (secondary N) is 1. The number of aromatic nitrogens is 3. The van der Waals surface area contributed by atoms with E-state index in [1.165, 1.54) is 5.56 Å². The molecule has 0 amide bonds. The highest BCUT2D eigenvalue weighted by molar-refractivity contribution is 6.32. The molecule has 2 aromatic rings. The lowest BCUT2D eigenvalue weighted by Gasteiger charge is -2.07. The topological polar surface area (TPSA) is 50.7 Å². The van der Waals surface area contributed by atoms with E-state index in [9.17, 15) is 0 Å². The summed E-state index contributed by atoms with van der Waals surface area (Å²) in [5.74, 6) is 0.403. The first-order valence-corrected chi connectivity index (χ1v) is 6.36. The summed E-state index contributed by atoms with van der Waals surface area (Å²) in [7, 11) is 0. The van der Waals surface area contributed by atoms with Gasteiger partial charge in [-0.05, 0) is 35.7 Å². The lowest BCUT2D eigenvalue weighted by atomic mass is 10.1. The molecule has 1 N–H and O–H groups in total. The number of hydrogen-bond acceptors (Lipinski definition) is 4. The van der Waals surface area contributed by atoms with E-state index in [0.29, 0.717) is 5.82 Å². The number of hydrogen-bond donors (Lipinski definition) is 1. The van der Waals surface area contributed by atoms with Gasteiger partial charge in [0.15, 0.2) is 11.0 Å². The third-order valence-electron chi connectivity index (χ3n) is 2.38. The number of anilines is 2. The van der Waals surface area contributed by atoms with E-state index >= 15 is 0 Å². The summed E-state index contributed by atoms with van der Waals surface area (Å²) in [5.41, 5.74) is 2.18. The van der Waals surface area contributed by atoms with Crippen LogP contribution in [0.3, 0.4) is 0 Å². The second-order valence-electron chi connectivity index (χ2n) is 3.79. The van der Waals surface area contributed by atoms with E-state index in [0.717, 1.165) is 18.5 Å². The minimum atomic E-state index is 0.0597. The molecular weight excluding hydrogens is 271 g/mol. The van der Waals surface area contributed by atoms with Crippen molar-refractivity contribution in [2.24, 2.45) is 0 Å². The Morgan fingerprint density at radius 3 is 2.50 bits per heavy atom. The zero-order chi connectivity index (χ0) is 13.0. The van der Waals surface area contributed by atoms with Crippen LogP contribution in [0.25, 0.3) is 0 Å². The molecule has 0 saturated heterocycles. The minimum Gasteiger partial charge on any atom is -0.338 e. The van der Waals surface area contributed by atoms with Gasteiger partial charge in [0.2, 0.25) is 5.28 Å². The summed E-state index contributed by atoms with van der Waals surface area (Å²) in [6.45, 7) is 2.15. The highest BCUT2D eigenvalue weighted by atomic mass is 35.5. The van der Waals surface area contributed by atoms with Crippen molar-refractivity contribution >= 4 is 34.7 Å². The van der Waals surface area contributed by atoms with Crippen LogP contribution in [0.1, 0.15) is 18.9 Å². The minimum absolute atomic E-state index is 0.0597. The zero-order valence-corrected chi connectivity index (χ0v) is 11.3. The van der Waals surface area contributed by atoms with Crippen LogP contribution in [0.4, 0.5) is 11.5 Å². The molecule has 0 spiro atoms. The Kier molecular flexibility index (Phi) is 4.33. The quantitative estimate of drug-likeness (QED) is 0.925. The van der Waals surface area contributed by atoms with Crippen molar-refractivity contribution in [1.82, 2.24) is 15.2 Å². The zero-order valence-electron chi connectivity index (χ0n) is 9.82. The van der Waals surface area contributed by atoms with Gasteiger partial charge in [0.25, 0.3) is 0 Å². The smallest absolute Gasteiger partial charge is 0.245 e. The lowest BCUT2D eigenvalue weighted by Crippen LogP contribution is -1.98. The maximum atomic E-state index is 5.87. The van der Waals surface area contributed by atoms with Crippen molar-refractivity contribution in [3.05, 3.63) is 40.3 Å². The molecular formula is C12H12Cl2N4.